The second-order valence-corrected chi connectivity index (χ2v) is 17.4. The molecule has 1 aromatic heterocycles. The van der Waals surface area contributed by atoms with Gasteiger partial charge in [0.2, 0.25) is 0 Å². The molecule has 55 heavy (non-hydrogen) atoms. The third-order valence-electron chi connectivity index (χ3n) is 11.6. The van der Waals surface area contributed by atoms with Crippen LogP contribution in [0, 0.1) is 29.6 Å². The number of carbonyl (C=O) groups is 3. The van der Waals surface area contributed by atoms with E-state index in [0.29, 0.717) is 43.9 Å². The summed E-state index contributed by atoms with van der Waals surface area (Å²) >= 11 is 1.50. The van der Waals surface area contributed by atoms with Crippen molar-refractivity contribution in [3.05, 3.63) is 48.3 Å². The largest absolute Gasteiger partial charge is 0.493 e. The number of anilines is 1. The minimum atomic E-state index is -1.15. The number of aromatic nitrogens is 1. The summed E-state index contributed by atoms with van der Waals surface area (Å²) in [5.74, 6) is -0.124. The summed E-state index contributed by atoms with van der Waals surface area (Å²) in [4.78, 5) is 47.8. The number of cyclic esters (lactones) is 1. The lowest BCUT2D eigenvalue weighted by Gasteiger charge is -2.38. The van der Waals surface area contributed by atoms with Crippen LogP contribution in [0.3, 0.4) is 0 Å². The normalized spacial score (nSPS) is 30.6. The topological polar surface area (TPSA) is 113 Å². The van der Waals surface area contributed by atoms with Gasteiger partial charge in [-0.15, -0.1) is 11.8 Å². The molecule has 3 aliphatic rings. The Morgan fingerprint density at radius 3 is 2.25 bits per heavy atom. The van der Waals surface area contributed by atoms with E-state index in [-0.39, 0.29) is 48.2 Å². The molecular weight excluding hydrogens is 717 g/mol. The van der Waals surface area contributed by atoms with Crippen LogP contribution in [-0.2, 0) is 35.1 Å². The zero-order valence-corrected chi connectivity index (χ0v) is 35.7. The zero-order chi connectivity index (χ0) is 40.3. The lowest BCUT2D eigenvalue weighted by molar-refractivity contribution is -0.167. The maximum Gasteiger partial charge on any atom is 0.320 e. The van der Waals surface area contributed by atoms with E-state index in [1.165, 1.54) is 11.8 Å². The molecule has 0 amide bonds. The Labute approximate surface area is 334 Å². The van der Waals surface area contributed by atoms with Crippen LogP contribution < -0.4 is 14.4 Å². The van der Waals surface area contributed by atoms with Crippen LogP contribution >= 0.6 is 11.8 Å². The van der Waals surface area contributed by atoms with Gasteiger partial charge in [-0.05, 0) is 94.5 Å². The Bertz CT molecular complexity index is 1550. The van der Waals surface area contributed by atoms with Crippen LogP contribution in [0.25, 0.3) is 0 Å². The zero-order valence-electron chi connectivity index (χ0n) is 34.9. The summed E-state index contributed by atoms with van der Waals surface area (Å²) in [6.07, 6.45) is 10.0. The third kappa shape index (κ3) is 11.4. The number of pyridine rings is 1. The number of nitrogens with zero attached hydrogens (tertiary/aromatic N) is 2. The second kappa shape index (κ2) is 20.2. The molecule has 1 aliphatic carbocycles. The van der Waals surface area contributed by atoms with Crippen LogP contribution in [-0.4, -0.2) is 78.4 Å². The number of rotatable bonds is 11. The predicted octanol–water partition coefficient (Wildman–Crippen LogP) is 8.72. The molecule has 10 nitrogen and oxygen atoms in total. The molecule has 1 saturated carbocycles. The van der Waals surface area contributed by atoms with E-state index in [4.69, 9.17) is 23.7 Å². The number of fused-ring (bicyclic) bond motifs is 1. The maximum absolute atomic E-state index is 14.3. The molecule has 3 heterocycles. The molecule has 0 radical (unpaired) electrons. The second-order valence-electron chi connectivity index (χ2n) is 16.2. The fourth-order valence-corrected chi connectivity index (χ4v) is 10.3. The number of thioether (sulfide) groups is 1. The van der Waals surface area contributed by atoms with Gasteiger partial charge in [-0.2, -0.15) is 0 Å². The maximum atomic E-state index is 14.3. The highest BCUT2D eigenvalue weighted by Gasteiger charge is 2.57. The highest BCUT2D eigenvalue weighted by molar-refractivity contribution is 8.00. The first kappa shape index (κ1) is 44.4. The molecule has 0 bridgehead atoms. The number of Topliss-reactive ketones (excluding diaryl/α,β-unsaturated/α-hetero) is 1. The molecule has 2 aliphatic heterocycles. The number of hydrogen-bond acceptors (Lipinski definition) is 11. The number of methoxy groups -OCH3 is 2. The van der Waals surface area contributed by atoms with Crippen molar-refractivity contribution >= 4 is 35.2 Å². The van der Waals surface area contributed by atoms with Crippen LogP contribution in [0.15, 0.2) is 42.7 Å². The Morgan fingerprint density at radius 1 is 0.909 bits per heavy atom. The van der Waals surface area contributed by atoms with Gasteiger partial charge in [-0.3, -0.25) is 19.4 Å². The molecule has 0 N–H and O–H groups in total. The number of ether oxygens (including phenoxy) is 5. The van der Waals surface area contributed by atoms with Gasteiger partial charge in [0.1, 0.15) is 23.2 Å². The quantitative estimate of drug-likeness (QED) is 0.204. The van der Waals surface area contributed by atoms with Gasteiger partial charge in [0.15, 0.2) is 11.5 Å². The van der Waals surface area contributed by atoms with E-state index in [1.54, 1.807) is 26.6 Å². The monoisotopic (exact) mass is 782 g/mol. The molecule has 11 heteroatoms. The molecule has 5 unspecified atom stereocenters. The fourth-order valence-electron chi connectivity index (χ4n) is 8.85. The van der Waals surface area contributed by atoms with Crippen molar-refractivity contribution in [2.45, 2.75) is 129 Å². The Morgan fingerprint density at radius 2 is 1.60 bits per heavy atom. The highest BCUT2D eigenvalue weighted by Crippen LogP contribution is 2.46. The molecule has 306 valence electrons. The Balaban J connectivity index is 0.00000331. The molecular formula is C44H66N2O8S. The standard InChI is InChI=1S/C42H60N2O8S.C2H6/c1-27-21-28(2)39(46)50-26-42(6)36(30(4)37(45)29(3)24-41(5,23-27)49-8)38(40(47)52-42)53-20-19-44(25-31-15-17-43-18-16-31)32-13-14-34(48-7)35(22-32)51-33-11-9-10-12-33;1-2/h13-18,22,27-30,33,36,38H,9-12,19-21,23-26H2,1-8H3;1-2H3/t27-,28?,29+,30?,36?,38?,41?,42+;/m0./s1. The fraction of sp³-hybridized carbons (Fsp3) is 0.682. The van der Waals surface area contributed by atoms with Gasteiger partial charge in [0.05, 0.1) is 24.7 Å². The first-order valence-electron chi connectivity index (χ1n) is 20.3. The van der Waals surface area contributed by atoms with Crippen molar-refractivity contribution in [3.63, 3.8) is 0 Å². The van der Waals surface area contributed by atoms with Crippen molar-refractivity contribution < 1.29 is 38.1 Å². The van der Waals surface area contributed by atoms with E-state index in [1.807, 2.05) is 78.8 Å². The summed E-state index contributed by atoms with van der Waals surface area (Å²) in [6.45, 7) is 16.8. The lowest BCUT2D eigenvalue weighted by Crippen LogP contribution is -2.47. The lowest BCUT2D eigenvalue weighted by atomic mass is 9.73. The molecule has 5 rings (SSSR count). The van der Waals surface area contributed by atoms with Crippen LogP contribution in [0.4, 0.5) is 5.69 Å². The molecule has 3 fully saturated rings. The summed E-state index contributed by atoms with van der Waals surface area (Å²) in [5, 5.41) is -0.621. The van der Waals surface area contributed by atoms with Crippen molar-refractivity contribution in [2.75, 3.05) is 38.0 Å². The number of ketones is 1. The van der Waals surface area contributed by atoms with Crippen molar-refractivity contribution in [1.82, 2.24) is 4.98 Å². The van der Waals surface area contributed by atoms with Gasteiger partial charge in [-0.25, -0.2) is 0 Å². The number of carbonyl (C=O) groups excluding carboxylic acids is 3. The summed E-state index contributed by atoms with van der Waals surface area (Å²) in [5.41, 5.74) is 0.378. The molecule has 8 atom stereocenters. The van der Waals surface area contributed by atoms with Crippen LogP contribution in [0.2, 0.25) is 0 Å². The number of benzene rings is 1. The third-order valence-corrected chi connectivity index (χ3v) is 12.9. The van der Waals surface area contributed by atoms with Crippen LogP contribution in [0.1, 0.15) is 106 Å². The van der Waals surface area contributed by atoms with Gasteiger partial charge in [0, 0.05) is 67.9 Å². The predicted molar refractivity (Wildman–Crippen MR) is 219 cm³/mol. The summed E-state index contributed by atoms with van der Waals surface area (Å²) in [6, 6.07) is 10.0. The minimum Gasteiger partial charge on any atom is -0.493 e. The smallest absolute Gasteiger partial charge is 0.320 e. The Hall–Kier alpha value is -3.31. The van der Waals surface area contributed by atoms with E-state index in [2.05, 4.69) is 16.8 Å². The first-order chi connectivity index (χ1) is 26.3. The van der Waals surface area contributed by atoms with Gasteiger partial charge >= 0.3 is 11.9 Å². The first-order valence-corrected chi connectivity index (χ1v) is 21.4. The molecule has 2 saturated heterocycles. The molecule has 0 spiro atoms. The molecule has 1 aromatic carbocycles. The average Bonchev–Trinajstić information content (AvgIpc) is 3.78. The van der Waals surface area contributed by atoms with Gasteiger partial charge in [0.25, 0.3) is 0 Å². The average molecular weight is 783 g/mol. The van der Waals surface area contributed by atoms with E-state index >= 15 is 0 Å². The summed E-state index contributed by atoms with van der Waals surface area (Å²) in [7, 11) is 3.35. The van der Waals surface area contributed by atoms with Crippen LogP contribution in [0.5, 0.6) is 11.5 Å². The van der Waals surface area contributed by atoms with Crippen molar-refractivity contribution in [2.24, 2.45) is 29.6 Å². The number of hydrogen-bond donors (Lipinski definition) is 0. The SMILES string of the molecule is CC.COc1ccc(N(CCSC2C(=O)O[C@]3(C)COC(=O)C(C)C[C@H](C)CC(C)(OC)C[C@@H](C)C(=O)C(C)C23)Cc2ccncc2)cc1OC1CCCC1. The van der Waals surface area contributed by atoms with Gasteiger partial charge in [-0.1, -0.05) is 41.5 Å². The minimum absolute atomic E-state index is 0.0603. The highest BCUT2D eigenvalue weighted by atomic mass is 32.2. The Kier molecular flexibility index (Phi) is 16.3. The molecule has 2 aromatic rings. The summed E-state index contributed by atoms with van der Waals surface area (Å²) < 4.78 is 30.1. The van der Waals surface area contributed by atoms with E-state index < -0.39 is 28.3 Å². The van der Waals surface area contributed by atoms with Crippen molar-refractivity contribution in [1.29, 1.82) is 0 Å². The van der Waals surface area contributed by atoms with Crippen molar-refractivity contribution in [3.8, 4) is 11.5 Å². The van der Waals surface area contributed by atoms with E-state index in [0.717, 1.165) is 42.7 Å². The van der Waals surface area contributed by atoms with Gasteiger partial charge < -0.3 is 28.6 Å². The van der Waals surface area contributed by atoms with E-state index in [9.17, 15) is 14.4 Å². The number of esters is 2.